The predicted molar refractivity (Wildman–Crippen MR) is 64.5 cm³/mol. The molecule has 0 aromatic carbocycles. The summed E-state index contributed by atoms with van der Waals surface area (Å²) in [5.41, 5.74) is 1.16. The zero-order valence-electron chi connectivity index (χ0n) is 10.1. The molecule has 0 bridgehead atoms. The third-order valence-electron chi connectivity index (χ3n) is 2.97. The van der Waals surface area contributed by atoms with E-state index in [4.69, 9.17) is 4.74 Å². The predicted octanol–water partition coefficient (Wildman–Crippen LogP) is 0.352. The van der Waals surface area contributed by atoms with Crippen LogP contribution in [0.2, 0.25) is 0 Å². The van der Waals surface area contributed by atoms with Crippen LogP contribution in [0.3, 0.4) is 0 Å². The third kappa shape index (κ3) is 3.31. The van der Waals surface area contributed by atoms with E-state index in [1.54, 1.807) is 0 Å². The normalized spacial score (nSPS) is 18.1. The monoisotopic (exact) mass is 237 g/mol. The first kappa shape index (κ1) is 12.1. The van der Waals surface area contributed by atoms with Crippen LogP contribution in [-0.2, 0) is 16.1 Å². The van der Waals surface area contributed by atoms with E-state index in [0.29, 0.717) is 32.8 Å². The molecule has 94 valence electrons. The number of amides is 1. The van der Waals surface area contributed by atoms with Crippen LogP contribution in [0.1, 0.15) is 12.5 Å². The van der Waals surface area contributed by atoms with Crippen molar-refractivity contribution >= 4 is 5.91 Å². The van der Waals surface area contributed by atoms with Gasteiger partial charge in [0.15, 0.2) is 0 Å². The molecule has 1 unspecified atom stereocenters. The summed E-state index contributed by atoms with van der Waals surface area (Å²) in [7, 11) is 0. The number of aromatic amines is 1. The summed E-state index contributed by atoms with van der Waals surface area (Å²) in [5.74, 6) is 0.156. The highest BCUT2D eigenvalue weighted by Gasteiger charge is 2.21. The van der Waals surface area contributed by atoms with E-state index in [2.05, 4.69) is 10.3 Å². The van der Waals surface area contributed by atoms with E-state index >= 15 is 0 Å². The molecule has 1 aliphatic rings. The highest BCUT2D eigenvalue weighted by molar-refractivity contribution is 5.81. The molecule has 0 spiro atoms. The van der Waals surface area contributed by atoms with Crippen LogP contribution in [-0.4, -0.2) is 48.1 Å². The number of hydrogen-bond acceptors (Lipinski definition) is 3. The first-order valence-electron chi connectivity index (χ1n) is 5.99. The molecule has 1 amide bonds. The van der Waals surface area contributed by atoms with Gasteiger partial charge in [-0.15, -0.1) is 0 Å². The molecule has 2 rings (SSSR count). The molecule has 5 heteroatoms. The fourth-order valence-corrected chi connectivity index (χ4v) is 1.88. The van der Waals surface area contributed by atoms with Crippen LogP contribution < -0.4 is 5.32 Å². The molecular weight excluding hydrogens is 218 g/mol. The lowest BCUT2D eigenvalue weighted by Crippen LogP contribution is -2.49. The van der Waals surface area contributed by atoms with E-state index < -0.39 is 0 Å². The minimum Gasteiger partial charge on any atom is -0.378 e. The summed E-state index contributed by atoms with van der Waals surface area (Å²) < 4.78 is 5.23. The van der Waals surface area contributed by atoms with Crippen molar-refractivity contribution in [2.45, 2.75) is 19.5 Å². The Kier molecular flexibility index (Phi) is 4.17. The molecule has 1 aromatic rings. The van der Waals surface area contributed by atoms with Crippen molar-refractivity contribution in [1.82, 2.24) is 15.2 Å². The Morgan fingerprint density at radius 1 is 1.59 bits per heavy atom. The number of carbonyl (C=O) groups is 1. The number of rotatable bonds is 4. The summed E-state index contributed by atoms with van der Waals surface area (Å²) in [6, 6.07) is 1.85. The standard InChI is InChI=1S/C12H19N3O2/c1-10(14-9-11-2-3-13-8-11)12(16)15-4-6-17-7-5-15/h2-3,8,10,13-14H,4-7,9H2,1H3. The topological polar surface area (TPSA) is 57.4 Å². The van der Waals surface area contributed by atoms with Gasteiger partial charge in [0.25, 0.3) is 0 Å². The van der Waals surface area contributed by atoms with Gasteiger partial charge in [-0.3, -0.25) is 4.79 Å². The van der Waals surface area contributed by atoms with Gasteiger partial charge in [-0.2, -0.15) is 0 Å². The Balaban J connectivity index is 1.78. The van der Waals surface area contributed by atoms with Crippen molar-refractivity contribution < 1.29 is 9.53 Å². The van der Waals surface area contributed by atoms with Crippen LogP contribution in [0.4, 0.5) is 0 Å². The first-order valence-corrected chi connectivity index (χ1v) is 5.99. The summed E-state index contributed by atoms with van der Waals surface area (Å²) in [5, 5.41) is 3.23. The zero-order valence-corrected chi connectivity index (χ0v) is 10.1. The van der Waals surface area contributed by atoms with Gasteiger partial charge in [0, 0.05) is 32.0 Å². The minimum absolute atomic E-state index is 0.150. The molecular formula is C12H19N3O2. The Morgan fingerprint density at radius 3 is 3.00 bits per heavy atom. The van der Waals surface area contributed by atoms with Crippen molar-refractivity contribution in [2.75, 3.05) is 26.3 Å². The number of H-pyrrole nitrogens is 1. The SMILES string of the molecule is CC(NCc1cc[nH]c1)C(=O)N1CCOCC1. The molecule has 2 heterocycles. The molecule has 5 nitrogen and oxygen atoms in total. The summed E-state index contributed by atoms with van der Waals surface area (Å²) in [4.78, 5) is 16.9. The van der Waals surface area contributed by atoms with Crippen molar-refractivity contribution in [3.63, 3.8) is 0 Å². The second kappa shape index (κ2) is 5.84. The fourth-order valence-electron chi connectivity index (χ4n) is 1.88. The molecule has 0 aliphatic carbocycles. The van der Waals surface area contributed by atoms with Crippen LogP contribution in [0, 0.1) is 0 Å². The van der Waals surface area contributed by atoms with Crippen molar-refractivity contribution in [3.05, 3.63) is 24.0 Å². The summed E-state index contributed by atoms with van der Waals surface area (Å²) in [6.45, 7) is 5.32. The van der Waals surface area contributed by atoms with Crippen molar-refractivity contribution in [1.29, 1.82) is 0 Å². The first-order chi connectivity index (χ1) is 8.27. The zero-order chi connectivity index (χ0) is 12.1. The average Bonchev–Trinajstić information content (AvgIpc) is 2.89. The van der Waals surface area contributed by atoms with E-state index in [0.717, 1.165) is 5.56 Å². The average molecular weight is 237 g/mol. The molecule has 1 aromatic heterocycles. The van der Waals surface area contributed by atoms with Gasteiger partial charge in [0.05, 0.1) is 19.3 Å². The van der Waals surface area contributed by atoms with Gasteiger partial charge < -0.3 is 19.9 Å². The van der Waals surface area contributed by atoms with Gasteiger partial charge in [0.2, 0.25) is 5.91 Å². The summed E-state index contributed by atoms with van der Waals surface area (Å²) >= 11 is 0. The molecule has 1 aliphatic heterocycles. The van der Waals surface area contributed by atoms with Gasteiger partial charge in [-0.1, -0.05) is 0 Å². The number of hydrogen-bond donors (Lipinski definition) is 2. The van der Waals surface area contributed by atoms with Crippen LogP contribution in [0.5, 0.6) is 0 Å². The maximum absolute atomic E-state index is 12.1. The molecule has 17 heavy (non-hydrogen) atoms. The Hall–Kier alpha value is -1.33. The number of aromatic nitrogens is 1. The lowest BCUT2D eigenvalue weighted by atomic mass is 10.2. The van der Waals surface area contributed by atoms with Gasteiger partial charge in [-0.25, -0.2) is 0 Å². The highest BCUT2D eigenvalue weighted by Crippen LogP contribution is 2.02. The Morgan fingerprint density at radius 2 is 2.35 bits per heavy atom. The van der Waals surface area contributed by atoms with E-state index in [1.807, 2.05) is 30.3 Å². The molecule has 1 atom stereocenters. The number of ether oxygens (including phenoxy) is 1. The molecule has 0 saturated carbocycles. The van der Waals surface area contributed by atoms with E-state index in [-0.39, 0.29) is 11.9 Å². The second-order valence-corrected chi connectivity index (χ2v) is 4.26. The lowest BCUT2D eigenvalue weighted by molar-refractivity contribution is -0.137. The van der Waals surface area contributed by atoms with E-state index in [9.17, 15) is 4.79 Å². The van der Waals surface area contributed by atoms with E-state index in [1.165, 1.54) is 0 Å². The second-order valence-electron chi connectivity index (χ2n) is 4.26. The van der Waals surface area contributed by atoms with Crippen LogP contribution in [0.25, 0.3) is 0 Å². The van der Waals surface area contributed by atoms with Gasteiger partial charge >= 0.3 is 0 Å². The van der Waals surface area contributed by atoms with Crippen molar-refractivity contribution in [3.8, 4) is 0 Å². The third-order valence-corrected chi connectivity index (χ3v) is 2.97. The highest BCUT2D eigenvalue weighted by atomic mass is 16.5. The van der Waals surface area contributed by atoms with Gasteiger partial charge in [0.1, 0.15) is 0 Å². The number of nitrogens with one attached hydrogen (secondary N) is 2. The Bertz CT molecular complexity index is 345. The largest absolute Gasteiger partial charge is 0.378 e. The maximum Gasteiger partial charge on any atom is 0.239 e. The fraction of sp³-hybridized carbons (Fsp3) is 0.583. The van der Waals surface area contributed by atoms with Crippen molar-refractivity contribution in [2.24, 2.45) is 0 Å². The maximum atomic E-state index is 12.1. The van der Waals surface area contributed by atoms with Crippen LogP contribution >= 0.6 is 0 Å². The molecule has 1 saturated heterocycles. The van der Waals surface area contributed by atoms with Gasteiger partial charge in [-0.05, 0) is 18.6 Å². The minimum atomic E-state index is -0.150. The molecule has 0 radical (unpaired) electrons. The molecule has 1 fully saturated rings. The number of nitrogens with zero attached hydrogens (tertiary/aromatic N) is 1. The quantitative estimate of drug-likeness (QED) is 0.794. The Labute approximate surface area is 101 Å². The lowest BCUT2D eigenvalue weighted by Gasteiger charge is -2.29. The number of morpholine rings is 1. The number of carbonyl (C=O) groups excluding carboxylic acids is 1. The molecule has 2 N–H and O–H groups in total. The smallest absolute Gasteiger partial charge is 0.239 e. The summed E-state index contributed by atoms with van der Waals surface area (Å²) in [6.07, 6.45) is 3.81. The van der Waals surface area contributed by atoms with Crippen LogP contribution in [0.15, 0.2) is 18.5 Å².